The van der Waals surface area contributed by atoms with Crippen molar-refractivity contribution in [1.29, 1.82) is 0 Å². The normalized spacial score (nSPS) is 28.4. The first-order chi connectivity index (χ1) is 9.64. The average Bonchev–Trinajstić information content (AvgIpc) is 2.72. The molecule has 2 aliphatic rings. The minimum Gasteiger partial charge on any atom is -0.480 e. The average molecular weight is 281 g/mol. The molecular weight excluding hydrogens is 254 g/mol. The number of carbonyl (C=O) groups excluding carboxylic acids is 1. The van der Waals surface area contributed by atoms with E-state index in [4.69, 9.17) is 0 Å². The summed E-state index contributed by atoms with van der Waals surface area (Å²) in [6.45, 7) is 0. The van der Waals surface area contributed by atoms with Gasteiger partial charge in [-0.3, -0.25) is 4.79 Å². The van der Waals surface area contributed by atoms with Crippen molar-refractivity contribution in [2.75, 3.05) is 0 Å². The summed E-state index contributed by atoms with van der Waals surface area (Å²) < 4.78 is 0. The molecular formula is C16H27NO3. The van der Waals surface area contributed by atoms with Crippen molar-refractivity contribution in [3.05, 3.63) is 0 Å². The predicted molar refractivity (Wildman–Crippen MR) is 77.4 cm³/mol. The van der Waals surface area contributed by atoms with Crippen molar-refractivity contribution in [3.8, 4) is 0 Å². The Kier molecular flexibility index (Phi) is 5.44. The number of carboxylic acids is 1. The SMILES string of the molecule is O=C1CC2(CCCCCCCCCCC2)C(C(=O)O)N1. The van der Waals surface area contributed by atoms with Crippen molar-refractivity contribution in [1.82, 2.24) is 5.32 Å². The van der Waals surface area contributed by atoms with Gasteiger partial charge in [-0.15, -0.1) is 0 Å². The summed E-state index contributed by atoms with van der Waals surface area (Å²) in [5, 5.41) is 12.1. The first-order valence-corrected chi connectivity index (χ1v) is 8.16. The highest BCUT2D eigenvalue weighted by Crippen LogP contribution is 2.42. The minimum absolute atomic E-state index is 0.0792. The number of carboxylic acid groups (broad SMARTS) is 1. The van der Waals surface area contributed by atoms with Crippen LogP contribution in [-0.2, 0) is 9.59 Å². The van der Waals surface area contributed by atoms with E-state index in [1.54, 1.807) is 0 Å². The van der Waals surface area contributed by atoms with Crippen molar-refractivity contribution < 1.29 is 14.7 Å². The van der Waals surface area contributed by atoms with E-state index >= 15 is 0 Å². The topological polar surface area (TPSA) is 66.4 Å². The second-order valence-electron chi connectivity index (χ2n) is 6.56. The van der Waals surface area contributed by atoms with Gasteiger partial charge in [0.1, 0.15) is 6.04 Å². The molecule has 1 unspecified atom stereocenters. The van der Waals surface area contributed by atoms with Gasteiger partial charge in [0.05, 0.1) is 0 Å². The highest BCUT2D eigenvalue weighted by Gasteiger charge is 2.49. The second-order valence-corrected chi connectivity index (χ2v) is 6.56. The summed E-state index contributed by atoms with van der Waals surface area (Å²) in [7, 11) is 0. The van der Waals surface area contributed by atoms with E-state index in [1.165, 1.54) is 44.9 Å². The summed E-state index contributed by atoms with van der Waals surface area (Å²) >= 11 is 0. The predicted octanol–water partition coefficient (Wildman–Crippen LogP) is 3.25. The second kappa shape index (κ2) is 7.09. The fourth-order valence-electron chi connectivity index (χ4n) is 3.89. The molecule has 20 heavy (non-hydrogen) atoms. The van der Waals surface area contributed by atoms with Gasteiger partial charge in [0, 0.05) is 11.8 Å². The van der Waals surface area contributed by atoms with E-state index in [0.717, 1.165) is 25.7 Å². The van der Waals surface area contributed by atoms with E-state index in [-0.39, 0.29) is 11.3 Å². The lowest BCUT2D eigenvalue weighted by Crippen LogP contribution is -2.43. The zero-order chi connectivity index (χ0) is 14.4. The number of nitrogens with one attached hydrogen (secondary N) is 1. The maximum Gasteiger partial charge on any atom is 0.326 e. The third-order valence-electron chi connectivity index (χ3n) is 5.03. The van der Waals surface area contributed by atoms with Gasteiger partial charge in [-0.05, 0) is 12.8 Å². The fraction of sp³-hybridized carbons (Fsp3) is 0.875. The monoisotopic (exact) mass is 281 g/mol. The summed E-state index contributed by atoms with van der Waals surface area (Å²) in [5.41, 5.74) is -0.331. The summed E-state index contributed by atoms with van der Waals surface area (Å²) in [5.74, 6) is -0.938. The van der Waals surface area contributed by atoms with Gasteiger partial charge in [0.2, 0.25) is 5.91 Å². The third kappa shape index (κ3) is 3.74. The smallest absolute Gasteiger partial charge is 0.326 e. The zero-order valence-corrected chi connectivity index (χ0v) is 12.3. The minimum atomic E-state index is -0.858. The molecule has 0 aromatic heterocycles. The standard InChI is InChI=1S/C16H27NO3/c18-13-12-16(14(17-13)15(19)20)10-8-6-4-2-1-3-5-7-9-11-16/h14H,1-12H2,(H,17,18)(H,19,20). The van der Waals surface area contributed by atoms with Crippen molar-refractivity contribution >= 4 is 11.9 Å². The lowest BCUT2D eigenvalue weighted by Gasteiger charge is -2.32. The molecule has 0 radical (unpaired) electrons. The summed E-state index contributed by atoms with van der Waals surface area (Å²) in [6.07, 6.45) is 13.0. The van der Waals surface area contributed by atoms with E-state index in [2.05, 4.69) is 5.32 Å². The Morgan fingerprint density at radius 3 is 1.85 bits per heavy atom. The van der Waals surface area contributed by atoms with Crippen LogP contribution in [0.4, 0.5) is 0 Å². The molecule has 2 rings (SSSR count). The lowest BCUT2D eigenvalue weighted by atomic mass is 9.72. The van der Waals surface area contributed by atoms with E-state index in [0.29, 0.717) is 6.42 Å². The fourth-order valence-corrected chi connectivity index (χ4v) is 3.89. The van der Waals surface area contributed by atoms with Crippen LogP contribution in [0.25, 0.3) is 0 Å². The maximum absolute atomic E-state index is 11.7. The van der Waals surface area contributed by atoms with Crippen LogP contribution in [0.5, 0.6) is 0 Å². The van der Waals surface area contributed by atoms with Crippen LogP contribution < -0.4 is 5.32 Å². The van der Waals surface area contributed by atoms with Crippen LogP contribution in [0.15, 0.2) is 0 Å². The van der Waals surface area contributed by atoms with E-state index < -0.39 is 12.0 Å². The Bertz CT molecular complexity index is 342. The Hall–Kier alpha value is -1.06. The summed E-state index contributed by atoms with van der Waals surface area (Å²) in [6, 6.07) is -0.669. The molecule has 1 atom stereocenters. The molecule has 0 aromatic rings. The first kappa shape index (κ1) is 15.3. The van der Waals surface area contributed by atoms with Gasteiger partial charge in [-0.2, -0.15) is 0 Å². The molecule has 4 heteroatoms. The number of aliphatic carboxylic acids is 1. The highest BCUT2D eigenvalue weighted by molar-refractivity contribution is 5.89. The zero-order valence-electron chi connectivity index (χ0n) is 12.3. The highest BCUT2D eigenvalue weighted by atomic mass is 16.4. The Morgan fingerprint density at radius 2 is 1.40 bits per heavy atom. The van der Waals surface area contributed by atoms with Crippen LogP contribution in [0.1, 0.15) is 77.0 Å². The molecule has 1 aliphatic heterocycles. The number of hydrogen-bond acceptors (Lipinski definition) is 2. The molecule has 1 heterocycles. The van der Waals surface area contributed by atoms with Crippen LogP contribution >= 0.6 is 0 Å². The molecule has 0 bridgehead atoms. The van der Waals surface area contributed by atoms with Crippen LogP contribution in [-0.4, -0.2) is 23.0 Å². The largest absolute Gasteiger partial charge is 0.480 e. The molecule has 0 aromatic carbocycles. The third-order valence-corrected chi connectivity index (χ3v) is 5.03. The van der Waals surface area contributed by atoms with Crippen molar-refractivity contribution in [2.45, 2.75) is 83.1 Å². The quantitative estimate of drug-likeness (QED) is 0.775. The number of amides is 1. The molecule has 1 saturated carbocycles. The van der Waals surface area contributed by atoms with Gasteiger partial charge in [0.25, 0.3) is 0 Å². The molecule has 114 valence electrons. The van der Waals surface area contributed by atoms with Gasteiger partial charge >= 0.3 is 5.97 Å². The Morgan fingerprint density at radius 1 is 0.950 bits per heavy atom. The summed E-state index contributed by atoms with van der Waals surface area (Å²) in [4.78, 5) is 23.2. The van der Waals surface area contributed by atoms with Gasteiger partial charge in [0.15, 0.2) is 0 Å². The van der Waals surface area contributed by atoms with Crippen molar-refractivity contribution in [2.24, 2.45) is 5.41 Å². The molecule has 2 N–H and O–H groups in total. The molecule has 4 nitrogen and oxygen atoms in total. The molecule has 1 aliphatic carbocycles. The Labute approximate surface area is 121 Å². The maximum atomic E-state index is 11.7. The molecule has 1 spiro atoms. The van der Waals surface area contributed by atoms with Gasteiger partial charge in [-0.25, -0.2) is 4.79 Å². The van der Waals surface area contributed by atoms with Crippen LogP contribution in [0.3, 0.4) is 0 Å². The van der Waals surface area contributed by atoms with Gasteiger partial charge < -0.3 is 10.4 Å². The molecule has 2 fully saturated rings. The van der Waals surface area contributed by atoms with Crippen molar-refractivity contribution in [3.63, 3.8) is 0 Å². The number of hydrogen-bond donors (Lipinski definition) is 2. The molecule has 1 amide bonds. The molecule has 1 saturated heterocycles. The number of carbonyl (C=O) groups is 2. The lowest BCUT2D eigenvalue weighted by molar-refractivity contribution is -0.142. The number of rotatable bonds is 1. The van der Waals surface area contributed by atoms with Gasteiger partial charge in [-0.1, -0.05) is 57.8 Å². The Balaban J connectivity index is 2.06. The van der Waals surface area contributed by atoms with E-state index in [1.807, 2.05) is 0 Å². The van der Waals surface area contributed by atoms with E-state index in [9.17, 15) is 14.7 Å². The van der Waals surface area contributed by atoms with Crippen LogP contribution in [0.2, 0.25) is 0 Å². The van der Waals surface area contributed by atoms with Crippen LogP contribution in [0, 0.1) is 5.41 Å². The first-order valence-electron chi connectivity index (χ1n) is 8.16.